The van der Waals surface area contributed by atoms with Crippen molar-refractivity contribution in [2.75, 3.05) is 4.90 Å². The Morgan fingerprint density at radius 3 is 0.803 bits per heavy atom. The molecule has 11 rings (SSSR count). The third-order valence-electron chi connectivity index (χ3n) is 12.1. The smallest absolute Gasteiger partial charge is 0.0462 e. The van der Waals surface area contributed by atoms with Gasteiger partial charge in [0.2, 0.25) is 0 Å². The van der Waals surface area contributed by atoms with Crippen LogP contribution in [0.2, 0.25) is 0 Å². The van der Waals surface area contributed by atoms with E-state index in [0.717, 1.165) is 22.6 Å². The summed E-state index contributed by atoms with van der Waals surface area (Å²) < 4.78 is 0. The second kappa shape index (κ2) is 15.6. The van der Waals surface area contributed by atoms with Gasteiger partial charge in [-0.15, -0.1) is 0 Å². The molecule has 0 aromatic heterocycles. The molecule has 0 unspecified atom stereocenters. The molecule has 11 aromatic rings. The summed E-state index contributed by atoms with van der Waals surface area (Å²) in [5.74, 6) is 0. The Morgan fingerprint density at radius 1 is 0.180 bits per heavy atom. The largest absolute Gasteiger partial charge is 0.311 e. The zero-order chi connectivity index (χ0) is 40.5. The van der Waals surface area contributed by atoms with Crippen LogP contribution in [0.3, 0.4) is 0 Å². The van der Waals surface area contributed by atoms with E-state index in [1.807, 2.05) is 0 Å². The molecule has 0 heterocycles. The van der Waals surface area contributed by atoms with E-state index in [9.17, 15) is 0 Å². The highest BCUT2D eigenvalue weighted by Gasteiger charge is 2.16. The van der Waals surface area contributed by atoms with Gasteiger partial charge in [-0.25, -0.2) is 0 Å². The van der Waals surface area contributed by atoms with Crippen molar-refractivity contribution in [3.05, 3.63) is 249 Å². The number of fused-ring (bicyclic) bond motifs is 10. The molecule has 0 saturated heterocycles. The van der Waals surface area contributed by atoms with Crippen LogP contribution in [0.1, 0.15) is 0 Å². The molecule has 0 radical (unpaired) electrons. The lowest BCUT2D eigenvalue weighted by molar-refractivity contribution is 1.28. The summed E-state index contributed by atoms with van der Waals surface area (Å²) in [5, 5.41) is 12.3. The quantitative estimate of drug-likeness (QED) is 0.163. The predicted octanol–water partition coefficient (Wildman–Crippen LogP) is 17.0. The van der Waals surface area contributed by atoms with Crippen LogP contribution in [0.4, 0.5) is 17.1 Å². The zero-order valence-electron chi connectivity index (χ0n) is 33.6. The van der Waals surface area contributed by atoms with Crippen molar-refractivity contribution < 1.29 is 0 Å². The summed E-state index contributed by atoms with van der Waals surface area (Å²) in [5.41, 5.74) is 10.4. The Hall–Kier alpha value is -8.00. The summed E-state index contributed by atoms with van der Waals surface area (Å²) >= 11 is 0. The Labute approximate surface area is 356 Å². The SMILES string of the molecule is c1ccc(-c2ccc(N(c3ccc(-c4ccccc4)cc3)c3ccc(-c4cccc5c6ccccc6c6ccccc6c6ccccc6c6ccccc6c45)cc3)cc2)cc1. The molecule has 0 fully saturated rings. The van der Waals surface area contributed by atoms with Crippen molar-refractivity contribution in [3.8, 4) is 33.4 Å². The molecule has 1 nitrogen and oxygen atoms in total. The molecule has 11 aromatic carbocycles. The highest BCUT2D eigenvalue weighted by atomic mass is 15.1. The zero-order valence-corrected chi connectivity index (χ0v) is 33.6. The minimum absolute atomic E-state index is 1.09. The maximum atomic E-state index is 2.36. The average molecular weight is 776 g/mol. The Morgan fingerprint density at radius 2 is 0.443 bits per heavy atom. The molecule has 0 N–H and O–H groups in total. The van der Waals surface area contributed by atoms with E-state index in [4.69, 9.17) is 0 Å². The molecule has 0 bridgehead atoms. The van der Waals surface area contributed by atoms with E-state index in [1.165, 1.54) is 81.7 Å². The lowest BCUT2D eigenvalue weighted by atomic mass is 9.91. The normalized spacial score (nSPS) is 11.3. The van der Waals surface area contributed by atoms with Crippen molar-refractivity contribution >= 4 is 70.9 Å². The monoisotopic (exact) mass is 775 g/mol. The number of hydrogen-bond acceptors (Lipinski definition) is 1. The lowest BCUT2D eigenvalue weighted by Crippen LogP contribution is -2.09. The van der Waals surface area contributed by atoms with Gasteiger partial charge in [0, 0.05) is 17.1 Å². The number of rotatable bonds is 6. The molecule has 0 aliphatic rings. The molecule has 0 amide bonds. The molecular weight excluding hydrogens is 735 g/mol. The van der Waals surface area contributed by atoms with Crippen molar-refractivity contribution in [1.82, 2.24) is 0 Å². The Kier molecular flexibility index (Phi) is 9.26. The fraction of sp³-hybridized carbons (Fsp3) is 0. The molecule has 286 valence electrons. The topological polar surface area (TPSA) is 3.24 Å². The molecule has 0 saturated carbocycles. The van der Waals surface area contributed by atoms with Crippen LogP contribution in [-0.4, -0.2) is 0 Å². The molecular formula is C60H41N. The van der Waals surface area contributed by atoms with Crippen LogP contribution in [0.15, 0.2) is 249 Å². The molecule has 61 heavy (non-hydrogen) atoms. The fourth-order valence-corrected chi connectivity index (χ4v) is 9.21. The van der Waals surface area contributed by atoms with Crippen molar-refractivity contribution in [2.45, 2.75) is 0 Å². The number of nitrogens with zero attached hydrogens (tertiary/aromatic N) is 1. The first-order valence-electron chi connectivity index (χ1n) is 21.0. The highest BCUT2D eigenvalue weighted by Crippen LogP contribution is 2.42. The Balaban J connectivity index is 1.12. The van der Waals surface area contributed by atoms with Crippen molar-refractivity contribution in [1.29, 1.82) is 0 Å². The van der Waals surface area contributed by atoms with Gasteiger partial charge in [-0.1, -0.05) is 212 Å². The van der Waals surface area contributed by atoms with Crippen LogP contribution >= 0.6 is 0 Å². The first-order valence-corrected chi connectivity index (χ1v) is 21.0. The maximum Gasteiger partial charge on any atom is 0.0462 e. The van der Waals surface area contributed by atoms with Gasteiger partial charge >= 0.3 is 0 Å². The van der Waals surface area contributed by atoms with E-state index in [1.54, 1.807) is 0 Å². The van der Waals surface area contributed by atoms with Gasteiger partial charge < -0.3 is 4.90 Å². The summed E-state index contributed by atoms with van der Waals surface area (Å²) in [6.45, 7) is 0. The van der Waals surface area contributed by atoms with E-state index < -0.39 is 0 Å². The van der Waals surface area contributed by atoms with Crippen LogP contribution in [-0.2, 0) is 0 Å². The minimum Gasteiger partial charge on any atom is -0.311 e. The number of benzene rings is 10. The van der Waals surface area contributed by atoms with E-state index in [2.05, 4.69) is 254 Å². The van der Waals surface area contributed by atoms with Gasteiger partial charge in [-0.2, -0.15) is 0 Å². The maximum absolute atomic E-state index is 2.36. The van der Waals surface area contributed by atoms with Crippen LogP contribution < -0.4 is 4.90 Å². The van der Waals surface area contributed by atoms with E-state index in [0.29, 0.717) is 0 Å². The Bertz CT molecular complexity index is 3260. The predicted molar refractivity (Wildman–Crippen MR) is 263 cm³/mol. The standard InChI is InChI=1S/C60H41N/c1-3-16-42(17-4-1)44-30-36-47(37-31-44)61(48-38-32-45(33-39-48)43-18-5-2-6-19-43)49-40-34-46(35-41-49)50-28-15-29-59-57-25-12-11-24-55(57)53-21-8-7-20-51(53)52-22-9-10-23-54(52)56-26-13-14-27-58(56)60(50)59/h1-41H. The van der Waals surface area contributed by atoms with E-state index >= 15 is 0 Å². The first-order chi connectivity index (χ1) is 30.3. The summed E-state index contributed by atoms with van der Waals surface area (Å²) in [4.78, 5) is 2.36. The average Bonchev–Trinajstić information content (AvgIpc) is 3.35. The molecule has 0 aliphatic heterocycles. The second-order valence-electron chi connectivity index (χ2n) is 15.6. The van der Waals surface area contributed by atoms with Gasteiger partial charge in [0.25, 0.3) is 0 Å². The highest BCUT2D eigenvalue weighted by molar-refractivity contribution is 6.28. The summed E-state index contributed by atoms with van der Waals surface area (Å²) in [7, 11) is 0. The summed E-state index contributed by atoms with van der Waals surface area (Å²) in [6, 6.07) is 90.6. The van der Waals surface area contributed by atoms with Crippen molar-refractivity contribution in [3.63, 3.8) is 0 Å². The van der Waals surface area contributed by atoms with Gasteiger partial charge in [0.1, 0.15) is 0 Å². The van der Waals surface area contributed by atoms with Gasteiger partial charge in [-0.05, 0) is 124 Å². The minimum atomic E-state index is 1.09. The summed E-state index contributed by atoms with van der Waals surface area (Å²) in [6.07, 6.45) is 0. The molecule has 0 atom stereocenters. The van der Waals surface area contributed by atoms with Crippen LogP contribution in [0.5, 0.6) is 0 Å². The number of anilines is 3. The van der Waals surface area contributed by atoms with Gasteiger partial charge in [-0.3, -0.25) is 0 Å². The van der Waals surface area contributed by atoms with Crippen molar-refractivity contribution in [2.24, 2.45) is 0 Å². The van der Waals surface area contributed by atoms with E-state index in [-0.39, 0.29) is 0 Å². The third kappa shape index (κ3) is 6.63. The lowest BCUT2D eigenvalue weighted by Gasteiger charge is -2.26. The van der Waals surface area contributed by atoms with Gasteiger partial charge in [0.15, 0.2) is 0 Å². The number of hydrogen-bond donors (Lipinski definition) is 0. The second-order valence-corrected chi connectivity index (χ2v) is 15.6. The van der Waals surface area contributed by atoms with Gasteiger partial charge in [0.05, 0.1) is 0 Å². The first kappa shape index (κ1) is 36.1. The fourth-order valence-electron chi connectivity index (χ4n) is 9.21. The third-order valence-corrected chi connectivity index (χ3v) is 12.1. The molecule has 0 aliphatic carbocycles. The van der Waals surface area contributed by atoms with Crippen LogP contribution in [0.25, 0.3) is 87.2 Å². The van der Waals surface area contributed by atoms with Crippen LogP contribution in [0, 0.1) is 0 Å². The molecule has 1 heteroatoms. The molecule has 0 spiro atoms.